The number of aliphatic imine (C=N–C) groups is 1. The number of fused-ring (bicyclic) bond motifs is 1. The Bertz CT molecular complexity index is 725. The second-order valence-corrected chi connectivity index (χ2v) is 5.78. The number of carbonyl (C=O) groups is 1. The van der Waals surface area contributed by atoms with Crippen molar-refractivity contribution < 1.29 is 9.18 Å². The molecule has 25 heavy (non-hydrogen) atoms. The molecule has 0 aliphatic heterocycles. The normalized spacial score (nSPS) is 11.6. The van der Waals surface area contributed by atoms with Crippen LogP contribution >= 0.6 is 0 Å². The third kappa shape index (κ3) is 5.77. The van der Waals surface area contributed by atoms with E-state index in [9.17, 15) is 9.18 Å². The molecule has 2 rings (SSSR count). The predicted octanol–water partition coefficient (Wildman–Crippen LogP) is 1.93. The number of nitrogens with zero attached hydrogens (tertiary/aromatic N) is 1. The van der Waals surface area contributed by atoms with Gasteiger partial charge in [-0.2, -0.15) is 0 Å². The van der Waals surface area contributed by atoms with Crippen LogP contribution in [-0.4, -0.2) is 43.5 Å². The van der Waals surface area contributed by atoms with Crippen LogP contribution in [0.5, 0.6) is 0 Å². The number of H-pyrrole nitrogens is 1. The maximum Gasteiger partial charge on any atom is 0.221 e. The van der Waals surface area contributed by atoms with Gasteiger partial charge in [-0.1, -0.05) is 6.92 Å². The summed E-state index contributed by atoms with van der Waals surface area (Å²) in [5, 5.41) is 10.1. The van der Waals surface area contributed by atoms with E-state index in [0.717, 1.165) is 29.3 Å². The zero-order chi connectivity index (χ0) is 18.1. The first-order chi connectivity index (χ1) is 12.1. The molecule has 0 bridgehead atoms. The van der Waals surface area contributed by atoms with Crippen molar-refractivity contribution in [1.29, 1.82) is 0 Å². The van der Waals surface area contributed by atoms with Gasteiger partial charge in [-0.05, 0) is 36.6 Å². The van der Waals surface area contributed by atoms with Crippen molar-refractivity contribution in [3.8, 4) is 0 Å². The number of nitrogens with one attached hydrogen (secondary N) is 4. The lowest BCUT2D eigenvalue weighted by Gasteiger charge is -2.11. The SMILES string of the molecule is CCCNC(=O)CCNC(=NC)NCCc1c[nH]c2ccc(F)cc12. The van der Waals surface area contributed by atoms with E-state index in [0.29, 0.717) is 32.0 Å². The number of aromatic amines is 1. The number of hydrogen-bond acceptors (Lipinski definition) is 2. The molecule has 1 aromatic carbocycles. The van der Waals surface area contributed by atoms with Crippen molar-refractivity contribution in [3.05, 3.63) is 35.8 Å². The highest BCUT2D eigenvalue weighted by molar-refractivity contribution is 5.83. The molecule has 0 aliphatic rings. The summed E-state index contributed by atoms with van der Waals surface area (Å²) in [5.41, 5.74) is 1.98. The molecule has 0 saturated heterocycles. The molecule has 136 valence electrons. The molecule has 4 N–H and O–H groups in total. The molecule has 0 spiro atoms. The summed E-state index contributed by atoms with van der Waals surface area (Å²) in [4.78, 5) is 18.8. The summed E-state index contributed by atoms with van der Waals surface area (Å²) in [5.74, 6) is 0.445. The molecular formula is C18H26FN5O. The van der Waals surface area contributed by atoms with Gasteiger partial charge in [-0.25, -0.2) is 4.39 Å². The topological polar surface area (TPSA) is 81.3 Å². The van der Waals surface area contributed by atoms with Crippen molar-refractivity contribution in [2.45, 2.75) is 26.2 Å². The van der Waals surface area contributed by atoms with E-state index in [1.165, 1.54) is 6.07 Å². The van der Waals surface area contributed by atoms with Crippen molar-refractivity contribution >= 4 is 22.8 Å². The van der Waals surface area contributed by atoms with Crippen molar-refractivity contribution in [2.75, 3.05) is 26.7 Å². The van der Waals surface area contributed by atoms with E-state index < -0.39 is 0 Å². The summed E-state index contributed by atoms with van der Waals surface area (Å²) >= 11 is 0. The molecule has 0 fully saturated rings. The van der Waals surface area contributed by atoms with Crippen LogP contribution in [0, 0.1) is 5.82 Å². The number of carbonyl (C=O) groups excluding carboxylic acids is 1. The fraction of sp³-hybridized carbons (Fsp3) is 0.444. The Morgan fingerprint density at radius 1 is 1.20 bits per heavy atom. The lowest BCUT2D eigenvalue weighted by Crippen LogP contribution is -2.40. The van der Waals surface area contributed by atoms with Gasteiger partial charge in [-0.15, -0.1) is 0 Å². The fourth-order valence-electron chi connectivity index (χ4n) is 2.54. The monoisotopic (exact) mass is 347 g/mol. The van der Waals surface area contributed by atoms with Gasteiger partial charge < -0.3 is 20.9 Å². The Balaban J connectivity index is 1.75. The van der Waals surface area contributed by atoms with Gasteiger partial charge in [-0.3, -0.25) is 9.79 Å². The van der Waals surface area contributed by atoms with Crippen LogP contribution in [0.3, 0.4) is 0 Å². The van der Waals surface area contributed by atoms with E-state index in [4.69, 9.17) is 0 Å². The predicted molar refractivity (Wildman–Crippen MR) is 99.2 cm³/mol. The highest BCUT2D eigenvalue weighted by Crippen LogP contribution is 2.19. The number of guanidine groups is 1. The number of hydrogen-bond donors (Lipinski definition) is 4. The van der Waals surface area contributed by atoms with Gasteiger partial charge in [0.15, 0.2) is 5.96 Å². The Morgan fingerprint density at radius 2 is 2.00 bits per heavy atom. The van der Waals surface area contributed by atoms with E-state index in [-0.39, 0.29) is 11.7 Å². The minimum atomic E-state index is -0.236. The molecule has 1 amide bonds. The quantitative estimate of drug-likeness (QED) is 0.435. The first-order valence-corrected chi connectivity index (χ1v) is 8.60. The standard InChI is InChI=1S/C18H26FN5O/c1-3-8-21-17(25)7-10-23-18(20-2)22-9-6-13-12-24-16-5-4-14(19)11-15(13)16/h4-5,11-12,24H,3,6-10H2,1-2H3,(H,21,25)(H2,20,22,23). The Morgan fingerprint density at radius 3 is 2.76 bits per heavy atom. The lowest BCUT2D eigenvalue weighted by molar-refractivity contribution is -0.120. The Kier molecular flexibility index (Phi) is 7.25. The van der Waals surface area contributed by atoms with E-state index in [1.807, 2.05) is 13.1 Å². The van der Waals surface area contributed by atoms with Gasteiger partial charge in [0.1, 0.15) is 5.82 Å². The largest absolute Gasteiger partial charge is 0.361 e. The maximum atomic E-state index is 13.4. The highest BCUT2D eigenvalue weighted by atomic mass is 19.1. The van der Waals surface area contributed by atoms with Gasteiger partial charge in [0.2, 0.25) is 5.91 Å². The van der Waals surface area contributed by atoms with Crippen LogP contribution in [0.25, 0.3) is 10.9 Å². The third-order valence-electron chi connectivity index (χ3n) is 3.86. The summed E-state index contributed by atoms with van der Waals surface area (Å²) in [7, 11) is 1.69. The molecular weight excluding hydrogens is 321 g/mol. The van der Waals surface area contributed by atoms with Gasteiger partial charge in [0.05, 0.1) is 0 Å². The van der Waals surface area contributed by atoms with E-state index in [1.54, 1.807) is 19.2 Å². The van der Waals surface area contributed by atoms with Crippen LogP contribution in [0.15, 0.2) is 29.4 Å². The number of benzene rings is 1. The number of halogens is 1. The minimum Gasteiger partial charge on any atom is -0.361 e. The molecule has 7 heteroatoms. The summed E-state index contributed by atoms with van der Waals surface area (Å²) in [6.07, 6.45) is 3.98. The average Bonchev–Trinajstić information content (AvgIpc) is 3.00. The molecule has 1 aromatic heterocycles. The molecule has 0 unspecified atom stereocenters. The summed E-state index contributed by atoms with van der Waals surface area (Å²) in [6, 6.07) is 4.73. The second kappa shape index (κ2) is 9.66. The molecule has 0 aliphatic carbocycles. The molecule has 0 atom stereocenters. The molecule has 6 nitrogen and oxygen atoms in total. The van der Waals surface area contributed by atoms with Crippen LogP contribution in [0.4, 0.5) is 4.39 Å². The van der Waals surface area contributed by atoms with Crippen LogP contribution < -0.4 is 16.0 Å². The van der Waals surface area contributed by atoms with Crippen molar-refractivity contribution in [3.63, 3.8) is 0 Å². The second-order valence-electron chi connectivity index (χ2n) is 5.78. The van der Waals surface area contributed by atoms with E-state index >= 15 is 0 Å². The smallest absolute Gasteiger partial charge is 0.221 e. The van der Waals surface area contributed by atoms with Crippen molar-refractivity contribution in [2.24, 2.45) is 4.99 Å². The molecule has 2 aromatic rings. The summed E-state index contributed by atoms with van der Waals surface area (Å²) < 4.78 is 13.4. The zero-order valence-corrected chi connectivity index (χ0v) is 14.8. The lowest BCUT2D eigenvalue weighted by atomic mass is 10.1. The highest BCUT2D eigenvalue weighted by Gasteiger charge is 2.06. The first kappa shape index (κ1) is 18.8. The number of rotatable bonds is 8. The molecule has 0 saturated carbocycles. The van der Waals surface area contributed by atoms with Gasteiger partial charge >= 0.3 is 0 Å². The van der Waals surface area contributed by atoms with Crippen molar-refractivity contribution in [1.82, 2.24) is 20.9 Å². The zero-order valence-electron chi connectivity index (χ0n) is 14.8. The number of aromatic nitrogens is 1. The van der Waals surface area contributed by atoms with Crippen LogP contribution in [0.1, 0.15) is 25.3 Å². The first-order valence-electron chi connectivity index (χ1n) is 8.60. The third-order valence-corrected chi connectivity index (χ3v) is 3.86. The average molecular weight is 347 g/mol. The maximum absolute atomic E-state index is 13.4. The van der Waals surface area contributed by atoms with Crippen LogP contribution in [0.2, 0.25) is 0 Å². The Hall–Kier alpha value is -2.57. The summed E-state index contributed by atoms with van der Waals surface area (Å²) in [6.45, 7) is 3.90. The number of amides is 1. The van der Waals surface area contributed by atoms with Crippen LogP contribution in [-0.2, 0) is 11.2 Å². The van der Waals surface area contributed by atoms with E-state index in [2.05, 4.69) is 25.9 Å². The Labute approximate surface area is 147 Å². The van der Waals surface area contributed by atoms with Gasteiger partial charge in [0, 0.05) is 50.2 Å². The van der Waals surface area contributed by atoms with Gasteiger partial charge in [0.25, 0.3) is 0 Å². The molecule has 0 radical (unpaired) electrons. The molecule has 1 heterocycles. The minimum absolute atomic E-state index is 0.0330. The fourth-order valence-corrected chi connectivity index (χ4v) is 2.54.